The summed E-state index contributed by atoms with van der Waals surface area (Å²) in [6, 6.07) is 10.3. The summed E-state index contributed by atoms with van der Waals surface area (Å²) in [5.74, 6) is -0.343. The Labute approximate surface area is 172 Å². The van der Waals surface area contributed by atoms with Crippen LogP contribution >= 0.6 is 0 Å². The van der Waals surface area contributed by atoms with Crippen LogP contribution < -0.4 is 10.1 Å². The Kier molecular flexibility index (Phi) is 6.06. The zero-order valence-corrected chi connectivity index (χ0v) is 17.1. The Morgan fingerprint density at radius 2 is 1.93 bits per heavy atom. The van der Waals surface area contributed by atoms with E-state index in [1.165, 1.54) is 24.3 Å². The molecule has 0 saturated heterocycles. The van der Waals surface area contributed by atoms with Gasteiger partial charge < -0.3 is 14.6 Å². The fourth-order valence-corrected chi connectivity index (χ4v) is 3.76. The zero-order chi connectivity index (χ0) is 21.9. The maximum absolute atomic E-state index is 12.4. The first-order valence-electron chi connectivity index (χ1n) is 9.01. The van der Waals surface area contributed by atoms with Crippen molar-refractivity contribution in [1.82, 2.24) is 9.55 Å². The van der Waals surface area contributed by atoms with Gasteiger partial charge >= 0.3 is 6.36 Å². The van der Waals surface area contributed by atoms with E-state index >= 15 is 0 Å². The predicted octanol–water partition coefficient (Wildman–Crippen LogP) is 4.39. The van der Waals surface area contributed by atoms with Gasteiger partial charge in [-0.3, -0.25) is 0 Å². The SMILES string of the molecule is CCS(=O)(=O)c1ccc(NCc2cccc(OC(F)(F)F)c2)c(-c2cn(C)cn2)c1. The monoisotopic (exact) mass is 439 g/mol. The summed E-state index contributed by atoms with van der Waals surface area (Å²) >= 11 is 0. The van der Waals surface area contributed by atoms with Crippen molar-refractivity contribution in [3.8, 4) is 17.0 Å². The van der Waals surface area contributed by atoms with Crippen LogP contribution in [-0.4, -0.2) is 30.1 Å². The number of aromatic nitrogens is 2. The van der Waals surface area contributed by atoms with Crippen molar-refractivity contribution >= 4 is 15.5 Å². The first-order valence-corrected chi connectivity index (χ1v) is 10.7. The molecule has 0 bridgehead atoms. The van der Waals surface area contributed by atoms with Gasteiger partial charge in [0.1, 0.15) is 5.75 Å². The minimum absolute atomic E-state index is 0.0343. The normalized spacial score (nSPS) is 12.0. The molecule has 10 heteroatoms. The van der Waals surface area contributed by atoms with E-state index in [9.17, 15) is 21.6 Å². The molecule has 0 spiro atoms. The number of hydrogen-bond donors (Lipinski definition) is 1. The molecule has 3 rings (SSSR count). The van der Waals surface area contributed by atoms with Gasteiger partial charge in [-0.15, -0.1) is 13.2 Å². The predicted molar refractivity (Wildman–Crippen MR) is 107 cm³/mol. The smallest absolute Gasteiger partial charge is 0.406 e. The molecule has 160 valence electrons. The molecule has 1 heterocycles. The molecule has 0 fully saturated rings. The summed E-state index contributed by atoms with van der Waals surface area (Å²) in [6.07, 6.45) is -1.42. The average Bonchev–Trinajstić information content (AvgIpc) is 3.11. The average molecular weight is 439 g/mol. The lowest BCUT2D eigenvalue weighted by Gasteiger charge is -2.14. The molecule has 2 aromatic carbocycles. The van der Waals surface area contributed by atoms with E-state index in [4.69, 9.17) is 0 Å². The first kappa shape index (κ1) is 21.7. The van der Waals surface area contributed by atoms with Crippen LogP contribution in [0.1, 0.15) is 12.5 Å². The minimum Gasteiger partial charge on any atom is -0.406 e. The summed E-state index contributed by atoms with van der Waals surface area (Å²) < 4.78 is 67.5. The third-order valence-corrected chi connectivity index (χ3v) is 6.06. The Morgan fingerprint density at radius 1 is 1.17 bits per heavy atom. The Bertz CT molecular complexity index is 1140. The topological polar surface area (TPSA) is 73.2 Å². The summed E-state index contributed by atoms with van der Waals surface area (Å²) in [7, 11) is -1.62. The molecule has 3 aromatic rings. The molecule has 0 aliphatic rings. The van der Waals surface area contributed by atoms with Crippen molar-refractivity contribution in [1.29, 1.82) is 0 Å². The number of halogens is 3. The summed E-state index contributed by atoms with van der Waals surface area (Å²) in [5.41, 5.74) is 2.31. The van der Waals surface area contributed by atoms with Crippen LogP contribution in [0.15, 0.2) is 59.9 Å². The van der Waals surface area contributed by atoms with E-state index < -0.39 is 16.2 Å². The number of imidazole rings is 1. The van der Waals surface area contributed by atoms with Crippen molar-refractivity contribution in [2.45, 2.75) is 24.7 Å². The van der Waals surface area contributed by atoms with Crippen molar-refractivity contribution < 1.29 is 26.3 Å². The van der Waals surface area contributed by atoms with Gasteiger partial charge in [0.15, 0.2) is 9.84 Å². The molecule has 0 amide bonds. The molecule has 1 aromatic heterocycles. The molecule has 0 aliphatic carbocycles. The molecule has 0 radical (unpaired) electrons. The number of benzene rings is 2. The number of alkyl halides is 3. The maximum Gasteiger partial charge on any atom is 0.573 e. The standard InChI is InChI=1S/C20H20F3N3O3S/c1-3-30(27,28)16-7-8-18(17(10-16)19-12-26(2)13-25-19)24-11-14-5-4-6-15(9-14)29-20(21,22)23/h4-10,12-13,24H,3,11H2,1-2H3. The summed E-state index contributed by atoms with van der Waals surface area (Å²) in [5, 5.41) is 3.14. The van der Waals surface area contributed by atoms with Crippen LogP contribution in [-0.2, 0) is 23.4 Å². The van der Waals surface area contributed by atoms with Crippen LogP contribution in [0, 0.1) is 0 Å². The van der Waals surface area contributed by atoms with Crippen molar-refractivity contribution in [2.24, 2.45) is 7.05 Å². The van der Waals surface area contributed by atoms with Gasteiger partial charge in [-0.05, 0) is 35.9 Å². The highest BCUT2D eigenvalue weighted by atomic mass is 32.2. The van der Waals surface area contributed by atoms with Gasteiger partial charge in [0.2, 0.25) is 0 Å². The molecule has 0 aliphatic heterocycles. The van der Waals surface area contributed by atoms with Gasteiger partial charge in [0, 0.05) is 31.0 Å². The fourth-order valence-electron chi connectivity index (χ4n) is 2.85. The van der Waals surface area contributed by atoms with Gasteiger partial charge in [0.05, 0.1) is 22.7 Å². The molecular formula is C20H20F3N3O3S. The molecule has 1 N–H and O–H groups in total. The summed E-state index contributed by atoms with van der Waals surface area (Å²) in [6.45, 7) is 1.77. The molecule has 0 unspecified atom stereocenters. The number of hydrogen-bond acceptors (Lipinski definition) is 5. The van der Waals surface area contributed by atoms with Crippen LogP contribution in [0.2, 0.25) is 0 Å². The lowest BCUT2D eigenvalue weighted by atomic mass is 10.1. The third kappa shape index (κ3) is 5.32. The Balaban J connectivity index is 1.90. The number of sulfone groups is 1. The summed E-state index contributed by atoms with van der Waals surface area (Å²) in [4.78, 5) is 4.47. The molecule has 30 heavy (non-hydrogen) atoms. The largest absolute Gasteiger partial charge is 0.573 e. The number of aryl methyl sites for hydroxylation is 1. The van der Waals surface area contributed by atoms with Gasteiger partial charge in [-0.1, -0.05) is 19.1 Å². The number of ether oxygens (including phenoxy) is 1. The van der Waals surface area contributed by atoms with Gasteiger partial charge in [-0.2, -0.15) is 0 Å². The van der Waals surface area contributed by atoms with E-state index in [2.05, 4.69) is 15.0 Å². The number of nitrogens with one attached hydrogen (secondary N) is 1. The van der Waals surface area contributed by atoms with E-state index in [0.717, 1.165) is 0 Å². The second kappa shape index (κ2) is 8.39. The lowest BCUT2D eigenvalue weighted by molar-refractivity contribution is -0.274. The highest BCUT2D eigenvalue weighted by Gasteiger charge is 2.31. The second-order valence-electron chi connectivity index (χ2n) is 6.58. The van der Waals surface area contributed by atoms with Crippen LogP contribution in [0.25, 0.3) is 11.3 Å². The van der Waals surface area contributed by atoms with Crippen molar-refractivity contribution in [3.63, 3.8) is 0 Å². The zero-order valence-electron chi connectivity index (χ0n) is 16.3. The van der Waals surface area contributed by atoms with E-state index in [1.54, 1.807) is 49.3 Å². The molecule has 0 atom stereocenters. The second-order valence-corrected chi connectivity index (χ2v) is 8.86. The number of nitrogens with zero attached hydrogens (tertiary/aromatic N) is 2. The molecular weight excluding hydrogens is 419 g/mol. The fraction of sp³-hybridized carbons (Fsp3) is 0.250. The first-order chi connectivity index (χ1) is 14.1. The van der Waals surface area contributed by atoms with Crippen molar-refractivity contribution in [3.05, 3.63) is 60.6 Å². The highest BCUT2D eigenvalue weighted by Crippen LogP contribution is 2.31. The maximum atomic E-state index is 12.4. The highest BCUT2D eigenvalue weighted by molar-refractivity contribution is 7.91. The van der Waals surface area contributed by atoms with E-state index in [1.807, 2.05) is 0 Å². The molecule has 6 nitrogen and oxygen atoms in total. The number of rotatable bonds is 7. The Hall–Kier alpha value is -3.01. The van der Waals surface area contributed by atoms with Crippen LogP contribution in [0.4, 0.5) is 18.9 Å². The van der Waals surface area contributed by atoms with Gasteiger partial charge in [0.25, 0.3) is 0 Å². The van der Waals surface area contributed by atoms with Crippen LogP contribution in [0.5, 0.6) is 5.75 Å². The van der Waals surface area contributed by atoms with Crippen LogP contribution in [0.3, 0.4) is 0 Å². The van der Waals surface area contributed by atoms with E-state index in [-0.39, 0.29) is 22.9 Å². The quantitative estimate of drug-likeness (QED) is 0.591. The van der Waals surface area contributed by atoms with Gasteiger partial charge in [-0.25, -0.2) is 13.4 Å². The van der Waals surface area contributed by atoms with Crippen molar-refractivity contribution in [2.75, 3.05) is 11.1 Å². The Morgan fingerprint density at radius 3 is 2.57 bits per heavy atom. The lowest BCUT2D eigenvalue weighted by Crippen LogP contribution is -2.17. The number of anilines is 1. The third-order valence-electron chi connectivity index (χ3n) is 4.33. The van der Waals surface area contributed by atoms with E-state index in [0.29, 0.717) is 22.5 Å². The molecule has 0 saturated carbocycles. The minimum atomic E-state index is -4.77.